The molecule has 1 aliphatic carbocycles. The number of ether oxygens (including phenoxy) is 1. The van der Waals surface area contributed by atoms with Crippen LogP contribution in [0, 0.1) is 5.41 Å². The Bertz CT molecular complexity index is 510. The quantitative estimate of drug-likeness (QED) is 0.594. The maximum absolute atomic E-state index is 11.5. The minimum absolute atomic E-state index is 0.133. The summed E-state index contributed by atoms with van der Waals surface area (Å²) < 4.78 is 5.00. The number of carbonyl (C=O) groups is 1. The van der Waals surface area contributed by atoms with Crippen LogP contribution in [0.15, 0.2) is 16.1 Å². The summed E-state index contributed by atoms with van der Waals surface area (Å²) in [5.41, 5.74) is -0.454. The molecule has 0 saturated heterocycles. The van der Waals surface area contributed by atoms with E-state index in [2.05, 4.69) is 9.97 Å². The molecule has 18 heavy (non-hydrogen) atoms. The summed E-state index contributed by atoms with van der Waals surface area (Å²) in [6.45, 7) is 0. The minimum atomic E-state index is -0.779. The van der Waals surface area contributed by atoms with E-state index in [1.807, 2.05) is 0 Å². The van der Waals surface area contributed by atoms with Gasteiger partial charge in [-0.15, -0.1) is 11.8 Å². The fourth-order valence-electron chi connectivity index (χ4n) is 1.74. The third-order valence-corrected chi connectivity index (χ3v) is 4.30. The van der Waals surface area contributed by atoms with Gasteiger partial charge in [-0.1, -0.05) is 0 Å². The number of H-pyrrole nitrogens is 1. The highest BCUT2D eigenvalue weighted by Gasteiger charge is 2.44. The molecule has 0 atom stereocenters. The molecule has 2 N–H and O–H groups in total. The van der Waals surface area contributed by atoms with Gasteiger partial charge in [-0.3, -0.25) is 9.59 Å². The third kappa shape index (κ3) is 2.84. The highest BCUT2D eigenvalue weighted by molar-refractivity contribution is 7.99. The molecule has 1 fully saturated rings. The van der Waals surface area contributed by atoms with Gasteiger partial charge in [0.25, 0.3) is 5.56 Å². The van der Waals surface area contributed by atoms with E-state index in [-0.39, 0.29) is 23.1 Å². The lowest BCUT2D eigenvalue weighted by Crippen LogP contribution is -2.13. The maximum Gasteiger partial charge on any atom is 0.303 e. The Labute approximate surface area is 108 Å². The van der Waals surface area contributed by atoms with Crippen molar-refractivity contribution in [1.82, 2.24) is 9.97 Å². The van der Waals surface area contributed by atoms with Gasteiger partial charge in [-0.25, -0.2) is 4.98 Å². The molecule has 6 nitrogen and oxygen atoms in total. The Morgan fingerprint density at radius 3 is 2.94 bits per heavy atom. The first-order valence-electron chi connectivity index (χ1n) is 5.53. The normalized spacial score (nSPS) is 16.3. The van der Waals surface area contributed by atoms with Gasteiger partial charge in [0, 0.05) is 5.75 Å². The van der Waals surface area contributed by atoms with E-state index < -0.39 is 5.97 Å². The van der Waals surface area contributed by atoms with Gasteiger partial charge >= 0.3 is 5.97 Å². The summed E-state index contributed by atoms with van der Waals surface area (Å²) >= 11 is 1.38. The van der Waals surface area contributed by atoms with E-state index in [1.54, 1.807) is 0 Å². The highest BCUT2D eigenvalue weighted by atomic mass is 32.2. The summed E-state index contributed by atoms with van der Waals surface area (Å²) in [4.78, 5) is 28.7. The first-order valence-corrected chi connectivity index (χ1v) is 6.51. The SMILES string of the molecule is COc1c(SCC2(CC(=O)O)CC2)nc[nH]c1=O. The van der Waals surface area contributed by atoms with Crippen LogP contribution in [0.4, 0.5) is 0 Å². The van der Waals surface area contributed by atoms with Gasteiger partial charge in [0.2, 0.25) is 5.75 Å². The predicted octanol–water partition coefficient (Wildman–Crippen LogP) is 1.13. The molecule has 0 aliphatic heterocycles. The number of rotatable bonds is 6. The zero-order chi connectivity index (χ0) is 13.2. The van der Waals surface area contributed by atoms with E-state index in [1.165, 1.54) is 25.2 Å². The average Bonchev–Trinajstić information content (AvgIpc) is 3.06. The highest BCUT2D eigenvalue weighted by Crippen LogP contribution is 2.52. The van der Waals surface area contributed by atoms with Crippen LogP contribution in [0.2, 0.25) is 0 Å². The lowest BCUT2D eigenvalue weighted by atomic mass is 10.1. The van der Waals surface area contributed by atoms with Gasteiger partial charge in [-0.2, -0.15) is 0 Å². The average molecular weight is 270 g/mol. The third-order valence-electron chi connectivity index (χ3n) is 2.98. The van der Waals surface area contributed by atoms with Crippen molar-refractivity contribution in [2.45, 2.75) is 24.3 Å². The largest absolute Gasteiger partial charge is 0.489 e. The zero-order valence-electron chi connectivity index (χ0n) is 9.93. The number of carboxylic acid groups (broad SMARTS) is 1. The summed E-state index contributed by atoms with van der Waals surface area (Å²) in [5, 5.41) is 9.34. The van der Waals surface area contributed by atoms with Crippen molar-refractivity contribution in [3.8, 4) is 5.75 Å². The van der Waals surface area contributed by atoms with E-state index in [9.17, 15) is 9.59 Å². The predicted molar refractivity (Wildman–Crippen MR) is 66.1 cm³/mol. The second-order valence-corrected chi connectivity index (χ2v) is 5.39. The number of aromatic amines is 1. The van der Waals surface area contributed by atoms with Crippen molar-refractivity contribution in [1.29, 1.82) is 0 Å². The van der Waals surface area contributed by atoms with Crippen LogP contribution in [-0.4, -0.2) is 33.9 Å². The van der Waals surface area contributed by atoms with Gasteiger partial charge in [0.15, 0.2) is 0 Å². The molecule has 0 spiro atoms. The molecular formula is C11H14N2O4S. The molecule has 1 saturated carbocycles. The number of aromatic nitrogens is 2. The summed E-state index contributed by atoms with van der Waals surface area (Å²) in [7, 11) is 1.42. The number of hydrogen-bond donors (Lipinski definition) is 2. The minimum Gasteiger partial charge on any atom is -0.489 e. The molecule has 0 bridgehead atoms. The van der Waals surface area contributed by atoms with Crippen LogP contribution in [0.25, 0.3) is 0 Å². The molecule has 0 amide bonds. The van der Waals surface area contributed by atoms with Crippen molar-refractivity contribution in [2.75, 3.05) is 12.9 Å². The molecule has 2 rings (SSSR count). The van der Waals surface area contributed by atoms with Gasteiger partial charge in [-0.05, 0) is 18.3 Å². The number of nitrogens with zero attached hydrogens (tertiary/aromatic N) is 1. The molecule has 0 radical (unpaired) electrons. The molecule has 1 aromatic rings. The molecule has 0 unspecified atom stereocenters. The van der Waals surface area contributed by atoms with Crippen molar-refractivity contribution in [3.05, 3.63) is 16.7 Å². The number of carboxylic acids is 1. The van der Waals surface area contributed by atoms with Gasteiger partial charge in [0.05, 0.1) is 19.9 Å². The second kappa shape index (κ2) is 5.01. The molecular weight excluding hydrogens is 256 g/mol. The number of hydrogen-bond acceptors (Lipinski definition) is 5. The monoisotopic (exact) mass is 270 g/mol. The number of nitrogens with one attached hydrogen (secondary N) is 1. The number of thioether (sulfide) groups is 1. The summed E-state index contributed by atoms with van der Waals surface area (Å²) in [5.74, 6) is 0.0547. The first-order chi connectivity index (χ1) is 8.56. The number of aliphatic carboxylic acids is 1. The molecule has 0 aromatic carbocycles. The summed E-state index contributed by atoms with van der Waals surface area (Å²) in [6, 6.07) is 0. The van der Waals surface area contributed by atoms with E-state index >= 15 is 0 Å². The van der Waals surface area contributed by atoms with Crippen molar-refractivity contribution in [2.24, 2.45) is 5.41 Å². The first kappa shape index (κ1) is 12.9. The van der Waals surface area contributed by atoms with E-state index in [0.29, 0.717) is 10.8 Å². The molecule has 98 valence electrons. The molecule has 1 aromatic heterocycles. The van der Waals surface area contributed by atoms with Crippen LogP contribution in [0.5, 0.6) is 5.75 Å². The fraction of sp³-hybridized carbons (Fsp3) is 0.545. The van der Waals surface area contributed by atoms with Crippen LogP contribution in [0.1, 0.15) is 19.3 Å². The van der Waals surface area contributed by atoms with Crippen LogP contribution >= 0.6 is 11.8 Å². The lowest BCUT2D eigenvalue weighted by molar-refractivity contribution is -0.138. The Morgan fingerprint density at radius 2 is 2.39 bits per heavy atom. The van der Waals surface area contributed by atoms with Crippen LogP contribution < -0.4 is 10.3 Å². The smallest absolute Gasteiger partial charge is 0.303 e. The van der Waals surface area contributed by atoms with Crippen molar-refractivity contribution >= 4 is 17.7 Å². The molecule has 1 heterocycles. The summed E-state index contributed by atoms with van der Waals surface area (Å²) in [6.07, 6.45) is 3.32. The molecule has 1 aliphatic rings. The standard InChI is InChI=1S/C11H14N2O4S/c1-17-8-9(16)12-6-13-10(8)18-5-11(2-3-11)4-7(14)15/h6H,2-5H2,1H3,(H,14,15)(H,12,13,16). The topological polar surface area (TPSA) is 92.3 Å². The maximum atomic E-state index is 11.5. The Hall–Kier alpha value is -1.50. The molecule has 7 heteroatoms. The van der Waals surface area contributed by atoms with Crippen LogP contribution in [0.3, 0.4) is 0 Å². The second-order valence-electron chi connectivity index (χ2n) is 4.43. The van der Waals surface area contributed by atoms with Crippen molar-refractivity contribution in [3.63, 3.8) is 0 Å². The van der Waals surface area contributed by atoms with Crippen molar-refractivity contribution < 1.29 is 14.6 Å². The van der Waals surface area contributed by atoms with Gasteiger partial charge in [0.1, 0.15) is 5.03 Å². The lowest BCUT2D eigenvalue weighted by Gasteiger charge is -2.12. The van der Waals surface area contributed by atoms with E-state index in [4.69, 9.17) is 9.84 Å². The van der Waals surface area contributed by atoms with E-state index in [0.717, 1.165) is 12.8 Å². The Kier molecular flexibility index (Phi) is 3.60. The fourth-order valence-corrected chi connectivity index (χ4v) is 3.01. The Morgan fingerprint density at radius 1 is 1.67 bits per heavy atom. The number of methoxy groups -OCH3 is 1. The zero-order valence-corrected chi connectivity index (χ0v) is 10.7. The Balaban J connectivity index is 2.05. The van der Waals surface area contributed by atoms with Crippen LogP contribution in [-0.2, 0) is 4.79 Å². The van der Waals surface area contributed by atoms with Gasteiger partial charge < -0.3 is 14.8 Å².